The Bertz CT molecular complexity index is 364. The molecule has 18 heavy (non-hydrogen) atoms. The van der Waals surface area contributed by atoms with Crippen molar-refractivity contribution in [2.24, 2.45) is 0 Å². The standard InChI is InChI=1S/C14H24N2O2/c1-4-15-6-13-5-14(18-10-13)8-16-7-12(3)17-9-11(16)2/h5,10-12,15H,4,6-9H2,1-3H3. The third-order valence-electron chi connectivity index (χ3n) is 3.38. The van der Waals surface area contributed by atoms with Crippen molar-refractivity contribution in [3.8, 4) is 0 Å². The van der Waals surface area contributed by atoms with Gasteiger partial charge in [0.2, 0.25) is 0 Å². The molecular weight excluding hydrogens is 228 g/mol. The first-order valence-corrected chi connectivity index (χ1v) is 6.81. The molecular formula is C14H24N2O2. The van der Waals surface area contributed by atoms with Gasteiger partial charge in [-0.2, -0.15) is 0 Å². The highest BCUT2D eigenvalue weighted by Crippen LogP contribution is 2.17. The molecule has 1 fully saturated rings. The fraction of sp³-hybridized carbons (Fsp3) is 0.714. The number of rotatable bonds is 5. The number of morpholine rings is 1. The smallest absolute Gasteiger partial charge is 0.118 e. The van der Waals surface area contributed by atoms with Crippen LogP contribution in [0.15, 0.2) is 16.7 Å². The van der Waals surface area contributed by atoms with Crippen molar-refractivity contribution in [2.75, 3.05) is 19.7 Å². The monoisotopic (exact) mass is 252 g/mol. The van der Waals surface area contributed by atoms with E-state index < -0.39 is 0 Å². The molecule has 0 aromatic carbocycles. The second-order valence-electron chi connectivity index (χ2n) is 5.12. The van der Waals surface area contributed by atoms with Crippen LogP contribution in [-0.2, 0) is 17.8 Å². The summed E-state index contributed by atoms with van der Waals surface area (Å²) in [7, 11) is 0. The quantitative estimate of drug-likeness (QED) is 0.870. The van der Waals surface area contributed by atoms with Gasteiger partial charge in [-0.05, 0) is 26.5 Å². The average molecular weight is 252 g/mol. The van der Waals surface area contributed by atoms with Crippen LogP contribution in [-0.4, -0.2) is 36.7 Å². The molecule has 1 aromatic heterocycles. The van der Waals surface area contributed by atoms with Crippen molar-refractivity contribution in [1.29, 1.82) is 0 Å². The fourth-order valence-corrected chi connectivity index (χ4v) is 2.26. The van der Waals surface area contributed by atoms with Crippen LogP contribution < -0.4 is 5.32 Å². The maximum absolute atomic E-state index is 5.63. The lowest BCUT2D eigenvalue weighted by atomic mass is 10.2. The van der Waals surface area contributed by atoms with Gasteiger partial charge in [0.1, 0.15) is 5.76 Å². The molecule has 4 heteroatoms. The molecule has 0 amide bonds. The van der Waals surface area contributed by atoms with Crippen LogP contribution in [0.3, 0.4) is 0 Å². The molecule has 1 saturated heterocycles. The summed E-state index contributed by atoms with van der Waals surface area (Å²) >= 11 is 0. The highest BCUT2D eigenvalue weighted by Gasteiger charge is 2.24. The van der Waals surface area contributed by atoms with Gasteiger partial charge in [-0.1, -0.05) is 6.92 Å². The third-order valence-corrected chi connectivity index (χ3v) is 3.38. The Labute approximate surface area is 109 Å². The zero-order chi connectivity index (χ0) is 13.0. The Hall–Kier alpha value is -0.840. The summed E-state index contributed by atoms with van der Waals surface area (Å²) in [6, 6.07) is 2.61. The van der Waals surface area contributed by atoms with Crippen molar-refractivity contribution < 1.29 is 9.15 Å². The maximum Gasteiger partial charge on any atom is 0.118 e. The van der Waals surface area contributed by atoms with E-state index in [0.29, 0.717) is 12.1 Å². The van der Waals surface area contributed by atoms with Crippen molar-refractivity contribution in [3.05, 3.63) is 23.7 Å². The van der Waals surface area contributed by atoms with E-state index in [-0.39, 0.29) is 0 Å². The largest absolute Gasteiger partial charge is 0.468 e. The summed E-state index contributed by atoms with van der Waals surface area (Å²) in [6.45, 7) is 11.0. The summed E-state index contributed by atoms with van der Waals surface area (Å²) < 4.78 is 11.3. The minimum atomic E-state index is 0.317. The molecule has 1 aromatic rings. The predicted octanol–water partition coefficient (Wildman–Crippen LogP) is 2.00. The van der Waals surface area contributed by atoms with Gasteiger partial charge in [-0.3, -0.25) is 4.90 Å². The number of hydrogen-bond acceptors (Lipinski definition) is 4. The SMILES string of the molecule is CCNCc1coc(CN2CC(C)OCC2C)c1. The van der Waals surface area contributed by atoms with E-state index in [2.05, 4.69) is 37.1 Å². The summed E-state index contributed by atoms with van der Waals surface area (Å²) in [5.41, 5.74) is 1.22. The van der Waals surface area contributed by atoms with Crippen molar-refractivity contribution in [2.45, 2.75) is 46.0 Å². The van der Waals surface area contributed by atoms with Gasteiger partial charge in [-0.15, -0.1) is 0 Å². The summed E-state index contributed by atoms with van der Waals surface area (Å²) in [5.74, 6) is 1.05. The Balaban J connectivity index is 1.89. The first kappa shape index (κ1) is 13.6. The van der Waals surface area contributed by atoms with Crippen LogP contribution >= 0.6 is 0 Å². The molecule has 1 N–H and O–H groups in total. The van der Waals surface area contributed by atoms with Crippen LogP contribution in [0, 0.1) is 0 Å². The van der Waals surface area contributed by atoms with Crippen molar-refractivity contribution in [3.63, 3.8) is 0 Å². The molecule has 2 heterocycles. The molecule has 2 atom stereocenters. The average Bonchev–Trinajstić information content (AvgIpc) is 2.79. The van der Waals surface area contributed by atoms with Gasteiger partial charge in [-0.25, -0.2) is 0 Å². The van der Waals surface area contributed by atoms with Crippen LogP contribution in [0.5, 0.6) is 0 Å². The molecule has 0 spiro atoms. The van der Waals surface area contributed by atoms with E-state index in [9.17, 15) is 0 Å². The lowest BCUT2D eigenvalue weighted by Gasteiger charge is -2.36. The highest BCUT2D eigenvalue weighted by molar-refractivity contribution is 5.12. The molecule has 1 aliphatic rings. The first-order chi connectivity index (χ1) is 8.69. The molecule has 2 unspecified atom stereocenters. The number of ether oxygens (including phenoxy) is 1. The second-order valence-corrected chi connectivity index (χ2v) is 5.12. The van der Waals surface area contributed by atoms with E-state index in [1.54, 1.807) is 0 Å². The second kappa shape index (κ2) is 6.36. The lowest BCUT2D eigenvalue weighted by Crippen LogP contribution is -2.46. The highest BCUT2D eigenvalue weighted by atomic mass is 16.5. The normalized spacial score (nSPS) is 25.5. The Morgan fingerprint density at radius 1 is 1.44 bits per heavy atom. The molecule has 0 bridgehead atoms. The maximum atomic E-state index is 5.63. The molecule has 2 rings (SSSR count). The summed E-state index contributed by atoms with van der Waals surface area (Å²) in [5, 5.41) is 3.30. The van der Waals surface area contributed by atoms with Gasteiger partial charge in [0.15, 0.2) is 0 Å². The van der Waals surface area contributed by atoms with Crippen LogP contribution in [0.4, 0.5) is 0 Å². The zero-order valence-corrected chi connectivity index (χ0v) is 11.6. The van der Waals surface area contributed by atoms with E-state index in [1.807, 2.05) is 6.26 Å². The van der Waals surface area contributed by atoms with Gasteiger partial charge >= 0.3 is 0 Å². The Kier molecular flexibility index (Phi) is 4.80. The van der Waals surface area contributed by atoms with Crippen molar-refractivity contribution >= 4 is 0 Å². The number of nitrogens with zero attached hydrogens (tertiary/aromatic N) is 1. The predicted molar refractivity (Wildman–Crippen MR) is 71.4 cm³/mol. The molecule has 4 nitrogen and oxygen atoms in total. The minimum Gasteiger partial charge on any atom is -0.468 e. The molecule has 0 saturated carbocycles. The van der Waals surface area contributed by atoms with Crippen LogP contribution in [0.2, 0.25) is 0 Å². The number of hydrogen-bond donors (Lipinski definition) is 1. The summed E-state index contributed by atoms with van der Waals surface area (Å²) in [4.78, 5) is 2.42. The lowest BCUT2D eigenvalue weighted by molar-refractivity contribution is -0.0545. The van der Waals surface area contributed by atoms with Gasteiger partial charge in [0.25, 0.3) is 0 Å². The molecule has 0 aliphatic carbocycles. The van der Waals surface area contributed by atoms with Crippen LogP contribution in [0.25, 0.3) is 0 Å². The minimum absolute atomic E-state index is 0.317. The number of furan rings is 1. The van der Waals surface area contributed by atoms with Gasteiger partial charge < -0.3 is 14.5 Å². The Morgan fingerprint density at radius 3 is 3.06 bits per heavy atom. The fourth-order valence-electron chi connectivity index (χ4n) is 2.26. The number of nitrogens with one attached hydrogen (secondary N) is 1. The van der Waals surface area contributed by atoms with Gasteiger partial charge in [0, 0.05) is 24.7 Å². The molecule has 102 valence electrons. The topological polar surface area (TPSA) is 37.6 Å². The van der Waals surface area contributed by atoms with E-state index in [1.165, 1.54) is 5.56 Å². The molecule has 0 radical (unpaired) electrons. The van der Waals surface area contributed by atoms with Crippen molar-refractivity contribution in [1.82, 2.24) is 10.2 Å². The van der Waals surface area contributed by atoms with E-state index in [4.69, 9.17) is 9.15 Å². The van der Waals surface area contributed by atoms with E-state index >= 15 is 0 Å². The van der Waals surface area contributed by atoms with E-state index in [0.717, 1.165) is 38.5 Å². The van der Waals surface area contributed by atoms with Crippen LogP contribution in [0.1, 0.15) is 32.1 Å². The zero-order valence-electron chi connectivity index (χ0n) is 11.6. The van der Waals surface area contributed by atoms with Gasteiger partial charge in [0.05, 0.1) is 25.5 Å². The molecule has 1 aliphatic heterocycles. The summed E-state index contributed by atoms with van der Waals surface area (Å²) in [6.07, 6.45) is 2.17. The third kappa shape index (κ3) is 3.57. The first-order valence-electron chi connectivity index (χ1n) is 6.81. The Morgan fingerprint density at radius 2 is 2.28 bits per heavy atom.